The van der Waals surface area contributed by atoms with Gasteiger partial charge in [-0.3, -0.25) is 0 Å². The van der Waals surface area contributed by atoms with E-state index in [1.807, 2.05) is 30.3 Å². The molecule has 0 saturated carbocycles. The third-order valence-corrected chi connectivity index (χ3v) is 2.87. The number of aromatic nitrogens is 7. The van der Waals surface area contributed by atoms with Crippen LogP contribution in [0.2, 0.25) is 0 Å². The van der Waals surface area contributed by atoms with Gasteiger partial charge in [-0.2, -0.15) is 15.0 Å². The molecule has 1 aromatic carbocycles. The minimum atomic E-state index is 0.644. The van der Waals surface area contributed by atoms with Gasteiger partial charge >= 0.3 is 0 Å². The third kappa shape index (κ3) is 2.02. The normalized spacial score (nSPS) is 10.6. The molecular formula is C9H7N7S. The van der Waals surface area contributed by atoms with Gasteiger partial charge in [-0.1, -0.05) is 18.2 Å². The highest BCUT2D eigenvalue weighted by Gasteiger charge is 2.10. The van der Waals surface area contributed by atoms with E-state index in [0.29, 0.717) is 5.16 Å². The molecule has 0 unspecified atom stereocenters. The van der Waals surface area contributed by atoms with Crippen molar-refractivity contribution in [1.82, 2.24) is 35.6 Å². The Labute approximate surface area is 100 Å². The molecule has 1 N–H and O–H groups in total. The second-order valence-electron chi connectivity index (χ2n) is 3.12. The number of nitrogens with zero attached hydrogens (tertiary/aromatic N) is 6. The van der Waals surface area contributed by atoms with E-state index in [0.717, 1.165) is 10.7 Å². The van der Waals surface area contributed by atoms with Crippen molar-refractivity contribution >= 4 is 11.8 Å². The first-order valence-corrected chi connectivity index (χ1v) is 5.62. The Morgan fingerprint density at radius 2 is 2.06 bits per heavy atom. The number of rotatable bonds is 3. The van der Waals surface area contributed by atoms with Crippen LogP contribution in [0.4, 0.5) is 0 Å². The lowest BCUT2D eigenvalue weighted by Gasteiger charge is -2.01. The lowest BCUT2D eigenvalue weighted by molar-refractivity contribution is 0.755. The maximum Gasteiger partial charge on any atom is 0.220 e. The number of hydrogen-bond donors (Lipinski definition) is 1. The van der Waals surface area contributed by atoms with Crippen LogP contribution in [-0.4, -0.2) is 35.6 Å². The molecule has 7 nitrogen and oxygen atoms in total. The predicted octanol–water partition coefficient (Wildman–Crippen LogP) is 0.932. The van der Waals surface area contributed by atoms with Gasteiger partial charge in [0.25, 0.3) is 0 Å². The summed E-state index contributed by atoms with van der Waals surface area (Å²) < 4.78 is 1.65. The zero-order valence-corrected chi connectivity index (χ0v) is 9.37. The molecule has 0 spiro atoms. The van der Waals surface area contributed by atoms with Gasteiger partial charge in [0.2, 0.25) is 5.16 Å². The van der Waals surface area contributed by atoms with Crippen molar-refractivity contribution < 1.29 is 0 Å². The fourth-order valence-electron chi connectivity index (χ4n) is 1.31. The lowest BCUT2D eigenvalue weighted by atomic mass is 10.3. The van der Waals surface area contributed by atoms with Gasteiger partial charge in [0, 0.05) is 0 Å². The van der Waals surface area contributed by atoms with Crippen LogP contribution in [0.1, 0.15) is 0 Å². The highest BCUT2D eigenvalue weighted by molar-refractivity contribution is 7.99. The summed E-state index contributed by atoms with van der Waals surface area (Å²) >= 11 is 1.34. The molecule has 3 aromatic rings. The molecule has 0 amide bonds. The summed E-state index contributed by atoms with van der Waals surface area (Å²) in [7, 11) is 0. The quantitative estimate of drug-likeness (QED) is 0.739. The van der Waals surface area contributed by atoms with Crippen LogP contribution in [0.25, 0.3) is 5.69 Å². The van der Waals surface area contributed by atoms with Crippen molar-refractivity contribution in [2.24, 2.45) is 0 Å². The van der Waals surface area contributed by atoms with Crippen molar-refractivity contribution in [2.75, 3.05) is 0 Å². The van der Waals surface area contributed by atoms with Crippen molar-refractivity contribution in [1.29, 1.82) is 0 Å². The molecule has 3 rings (SSSR count). The molecule has 0 aliphatic rings. The molecule has 2 heterocycles. The molecule has 0 atom stereocenters. The first-order chi connectivity index (χ1) is 8.43. The van der Waals surface area contributed by atoms with Gasteiger partial charge in [-0.25, -0.2) is 0 Å². The Hall–Kier alpha value is -2.22. The van der Waals surface area contributed by atoms with Gasteiger partial charge in [-0.15, -0.1) is 10.2 Å². The van der Waals surface area contributed by atoms with E-state index < -0.39 is 0 Å². The fraction of sp³-hybridized carbons (Fsp3) is 0. The van der Waals surface area contributed by atoms with Crippen LogP contribution in [0, 0.1) is 0 Å². The van der Waals surface area contributed by atoms with Gasteiger partial charge in [0.1, 0.15) is 5.03 Å². The van der Waals surface area contributed by atoms with Gasteiger partial charge in [-0.05, 0) is 34.3 Å². The highest BCUT2D eigenvalue weighted by Crippen LogP contribution is 2.23. The molecule has 8 heteroatoms. The molecule has 0 saturated heterocycles. The molecule has 0 fully saturated rings. The summed E-state index contributed by atoms with van der Waals surface area (Å²) in [5, 5.41) is 23.1. The smallest absolute Gasteiger partial charge is 0.197 e. The SMILES string of the molecule is c1ccc(-n2nnnc2Sc2cn[nH]n2)cc1. The maximum atomic E-state index is 3.95. The number of benzene rings is 1. The fourth-order valence-corrected chi connectivity index (χ4v) is 1.99. The Balaban J connectivity index is 1.95. The largest absolute Gasteiger partial charge is 0.220 e. The summed E-state index contributed by atoms with van der Waals surface area (Å²) in [4.78, 5) is 0. The van der Waals surface area contributed by atoms with Gasteiger partial charge < -0.3 is 0 Å². The molecular weight excluding hydrogens is 238 g/mol. The van der Waals surface area contributed by atoms with Crippen LogP contribution in [0.15, 0.2) is 46.7 Å². The van der Waals surface area contributed by atoms with Crippen LogP contribution >= 0.6 is 11.8 Å². The highest BCUT2D eigenvalue weighted by atomic mass is 32.2. The van der Waals surface area contributed by atoms with E-state index in [4.69, 9.17) is 0 Å². The number of H-pyrrole nitrogens is 1. The predicted molar refractivity (Wildman–Crippen MR) is 59.7 cm³/mol. The zero-order chi connectivity index (χ0) is 11.5. The van der Waals surface area contributed by atoms with E-state index in [1.54, 1.807) is 10.9 Å². The minimum absolute atomic E-state index is 0.644. The molecule has 2 aromatic heterocycles. The topological polar surface area (TPSA) is 85.2 Å². The van der Waals surface area contributed by atoms with E-state index in [-0.39, 0.29) is 0 Å². The van der Waals surface area contributed by atoms with Crippen molar-refractivity contribution in [3.63, 3.8) is 0 Å². The van der Waals surface area contributed by atoms with Crippen LogP contribution in [-0.2, 0) is 0 Å². The van der Waals surface area contributed by atoms with Crippen LogP contribution in [0.3, 0.4) is 0 Å². The summed E-state index contributed by atoms with van der Waals surface area (Å²) in [6.07, 6.45) is 1.62. The Morgan fingerprint density at radius 3 is 2.82 bits per heavy atom. The van der Waals surface area contributed by atoms with Crippen molar-refractivity contribution in [3.8, 4) is 5.69 Å². The average molecular weight is 245 g/mol. The van der Waals surface area contributed by atoms with Gasteiger partial charge in [0.15, 0.2) is 0 Å². The minimum Gasteiger partial charge on any atom is -0.197 e. The van der Waals surface area contributed by atoms with E-state index in [2.05, 4.69) is 30.9 Å². The van der Waals surface area contributed by atoms with E-state index in [9.17, 15) is 0 Å². The van der Waals surface area contributed by atoms with Crippen molar-refractivity contribution in [3.05, 3.63) is 36.5 Å². The van der Waals surface area contributed by atoms with E-state index in [1.165, 1.54) is 11.8 Å². The second kappa shape index (κ2) is 4.34. The lowest BCUT2D eigenvalue weighted by Crippen LogP contribution is -1.98. The first-order valence-electron chi connectivity index (χ1n) is 4.81. The zero-order valence-electron chi connectivity index (χ0n) is 8.56. The summed E-state index contributed by atoms with van der Waals surface area (Å²) in [5.74, 6) is 0. The number of nitrogens with one attached hydrogen (secondary N) is 1. The number of hydrogen-bond acceptors (Lipinski definition) is 6. The molecule has 0 radical (unpaired) electrons. The molecule has 84 valence electrons. The Morgan fingerprint density at radius 1 is 1.18 bits per heavy atom. The molecule has 0 bridgehead atoms. The average Bonchev–Trinajstić information content (AvgIpc) is 3.02. The van der Waals surface area contributed by atoms with E-state index >= 15 is 0 Å². The third-order valence-electron chi connectivity index (χ3n) is 2.03. The monoisotopic (exact) mass is 245 g/mol. The molecule has 0 aliphatic heterocycles. The van der Waals surface area contributed by atoms with Crippen LogP contribution in [0.5, 0.6) is 0 Å². The summed E-state index contributed by atoms with van der Waals surface area (Å²) in [6, 6.07) is 9.67. The Kier molecular flexibility index (Phi) is 2.54. The Bertz CT molecular complexity index is 589. The number of tetrazole rings is 1. The summed E-state index contributed by atoms with van der Waals surface area (Å²) in [6.45, 7) is 0. The standard InChI is InChI=1S/C9H7N7S/c1-2-4-7(5-3-1)16-9(12-14-15-16)17-8-6-10-13-11-8/h1-6H,(H,10,11,13). The summed E-state index contributed by atoms with van der Waals surface area (Å²) in [5.41, 5.74) is 0.906. The number of aromatic amines is 1. The second-order valence-corrected chi connectivity index (χ2v) is 4.11. The molecule has 17 heavy (non-hydrogen) atoms. The van der Waals surface area contributed by atoms with Crippen molar-refractivity contribution in [2.45, 2.75) is 10.2 Å². The van der Waals surface area contributed by atoms with Gasteiger partial charge in [0.05, 0.1) is 11.9 Å². The first kappa shape index (κ1) is 9.97. The molecule has 0 aliphatic carbocycles. The number of para-hydroxylation sites is 1. The van der Waals surface area contributed by atoms with Crippen LogP contribution < -0.4 is 0 Å². The maximum absolute atomic E-state index is 3.95.